The topological polar surface area (TPSA) is 67.3 Å². The Morgan fingerprint density at radius 2 is 1.91 bits per heavy atom. The maximum absolute atomic E-state index is 14.6. The number of sulfone groups is 1. The van der Waals surface area contributed by atoms with E-state index in [1.807, 2.05) is 6.07 Å². The molecule has 0 amide bonds. The van der Waals surface area contributed by atoms with Gasteiger partial charge in [-0.3, -0.25) is 4.98 Å². The lowest BCUT2D eigenvalue weighted by Gasteiger charge is -2.44. The van der Waals surface area contributed by atoms with Gasteiger partial charge in [0, 0.05) is 23.2 Å². The molecule has 0 radical (unpaired) electrons. The molecule has 1 N–H and O–H groups in total. The zero-order valence-corrected chi connectivity index (χ0v) is 13.4. The fraction of sp³-hybridized carbons (Fsp3) is 0.471. The summed E-state index contributed by atoms with van der Waals surface area (Å²) in [6, 6.07) is 6.51. The molecule has 2 aliphatic heterocycles. The smallest absolute Gasteiger partial charge is 0.156 e. The number of hydrogen-bond donors (Lipinski definition) is 1. The van der Waals surface area contributed by atoms with Crippen LogP contribution in [0.1, 0.15) is 37.7 Å². The lowest BCUT2D eigenvalue weighted by molar-refractivity contribution is 0.00200. The van der Waals surface area contributed by atoms with Crippen LogP contribution in [0.4, 0.5) is 4.39 Å². The minimum absolute atomic E-state index is 0.0779. The Hall–Kier alpha value is -1.53. The van der Waals surface area contributed by atoms with Gasteiger partial charge < -0.3 is 5.11 Å². The van der Waals surface area contributed by atoms with E-state index in [4.69, 9.17) is 0 Å². The predicted molar refractivity (Wildman–Crippen MR) is 85.2 cm³/mol. The summed E-state index contributed by atoms with van der Waals surface area (Å²) in [5.41, 5.74) is -0.694. The number of fused-ring (bicyclic) bond motifs is 3. The first-order valence-electron chi connectivity index (χ1n) is 7.90. The van der Waals surface area contributed by atoms with Crippen LogP contribution in [0.3, 0.4) is 0 Å². The van der Waals surface area contributed by atoms with Gasteiger partial charge in [-0.2, -0.15) is 0 Å². The van der Waals surface area contributed by atoms with Crippen molar-refractivity contribution in [3.63, 3.8) is 0 Å². The average Bonchev–Trinajstić information content (AvgIpc) is 2.48. The van der Waals surface area contributed by atoms with E-state index >= 15 is 0 Å². The van der Waals surface area contributed by atoms with Crippen molar-refractivity contribution in [3.8, 4) is 0 Å². The van der Waals surface area contributed by atoms with Gasteiger partial charge in [-0.1, -0.05) is 12.5 Å². The minimum atomic E-state index is -3.19. The molecule has 2 aliphatic rings. The van der Waals surface area contributed by atoms with Crippen LogP contribution in [-0.2, 0) is 15.4 Å². The van der Waals surface area contributed by atoms with E-state index in [1.54, 1.807) is 18.3 Å². The van der Waals surface area contributed by atoms with Gasteiger partial charge in [0.15, 0.2) is 9.84 Å². The molecule has 0 spiro atoms. The van der Waals surface area contributed by atoms with Gasteiger partial charge >= 0.3 is 0 Å². The van der Waals surface area contributed by atoms with Crippen LogP contribution in [0.15, 0.2) is 30.5 Å². The summed E-state index contributed by atoms with van der Waals surface area (Å²) in [5.74, 6) is -0.518. The van der Waals surface area contributed by atoms with Crippen LogP contribution in [0, 0.1) is 5.82 Å². The Morgan fingerprint density at radius 3 is 2.61 bits per heavy atom. The molecule has 122 valence electrons. The average molecular weight is 335 g/mol. The highest BCUT2D eigenvalue weighted by Gasteiger charge is 2.51. The van der Waals surface area contributed by atoms with Crippen molar-refractivity contribution in [1.82, 2.24) is 4.98 Å². The number of hydrogen-bond acceptors (Lipinski definition) is 4. The van der Waals surface area contributed by atoms with Crippen molar-refractivity contribution in [3.05, 3.63) is 41.8 Å². The Kier molecular flexibility index (Phi) is 3.25. The SMILES string of the molecule is O=S1(=O)C2CCCC1CC(O)(c1cc3cccnc3cc1F)C2. The van der Waals surface area contributed by atoms with E-state index in [9.17, 15) is 17.9 Å². The molecule has 2 saturated heterocycles. The summed E-state index contributed by atoms with van der Waals surface area (Å²) < 4.78 is 39.4. The maximum Gasteiger partial charge on any atom is 0.156 e. The Balaban J connectivity index is 1.82. The van der Waals surface area contributed by atoms with Gasteiger partial charge in [-0.05, 0) is 37.8 Å². The lowest BCUT2D eigenvalue weighted by atomic mass is 9.80. The van der Waals surface area contributed by atoms with Crippen LogP contribution in [0.25, 0.3) is 10.9 Å². The van der Waals surface area contributed by atoms with Gasteiger partial charge in [-0.15, -0.1) is 0 Å². The van der Waals surface area contributed by atoms with E-state index in [0.717, 1.165) is 11.8 Å². The van der Waals surface area contributed by atoms with Crippen molar-refractivity contribution in [1.29, 1.82) is 0 Å². The van der Waals surface area contributed by atoms with Crippen LogP contribution in [-0.4, -0.2) is 29.0 Å². The highest BCUT2D eigenvalue weighted by Crippen LogP contribution is 2.47. The number of pyridine rings is 1. The molecular formula is C17H18FNO3S. The van der Waals surface area contributed by atoms with E-state index in [0.29, 0.717) is 18.4 Å². The van der Waals surface area contributed by atoms with Crippen molar-refractivity contribution < 1.29 is 17.9 Å². The van der Waals surface area contributed by atoms with Gasteiger partial charge in [0.05, 0.1) is 21.6 Å². The highest BCUT2D eigenvalue weighted by atomic mass is 32.2. The molecule has 23 heavy (non-hydrogen) atoms. The number of rotatable bonds is 1. The summed E-state index contributed by atoms with van der Waals surface area (Å²) in [6.07, 6.45) is 3.71. The number of benzene rings is 1. The third-order valence-corrected chi connectivity index (χ3v) is 7.97. The van der Waals surface area contributed by atoms with E-state index in [1.165, 1.54) is 6.07 Å². The first kappa shape index (κ1) is 15.0. The highest BCUT2D eigenvalue weighted by molar-refractivity contribution is 7.92. The van der Waals surface area contributed by atoms with E-state index < -0.39 is 31.8 Å². The van der Waals surface area contributed by atoms with Gasteiger partial charge in [0.1, 0.15) is 5.82 Å². The normalized spacial score (nSPS) is 32.8. The summed E-state index contributed by atoms with van der Waals surface area (Å²) in [7, 11) is -3.19. The van der Waals surface area contributed by atoms with Gasteiger partial charge in [0.2, 0.25) is 0 Å². The number of halogens is 1. The van der Waals surface area contributed by atoms with E-state index in [-0.39, 0.29) is 18.4 Å². The van der Waals surface area contributed by atoms with Crippen LogP contribution in [0.5, 0.6) is 0 Å². The predicted octanol–water partition coefficient (Wildman–Crippen LogP) is 2.69. The molecule has 6 heteroatoms. The molecule has 2 atom stereocenters. The second-order valence-electron chi connectivity index (χ2n) is 6.73. The number of aromatic nitrogens is 1. The third-order valence-electron chi connectivity index (χ3n) is 5.31. The first-order chi connectivity index (χ1) is 10.9. The fourth-order valence-corrected chi connectivity index (χ4v) is 6.67. The van der Waals surface area contributed by atoms with Crippen LogP contribution in [0.2, 0.25) is 0 Å². The molecule has 2 fully saturated rings. The van der Waals surface area contributed by atoms with Crippen molar-refractivity contribution in [2.45, 2.75) is 48.2 Å². The third kappa shape index (κ3) is 2.27. The largest absolute Gasteiger partial charge is 0.385 e. The molecule has 1 aromatic heterocycles. The molecule has 0 aliphatic carbocycles. The van der Waals surface area contributed by atoms with Gasteiger partial charge in [-0.25, -0.2) is 12.8 Å². The second kappa shape index (κ2) is 4.98. The summed E-state index contributed by atoms with van der Waals surface area (Å²) >= 11 is 0. The molecule has 0 saturated carbocycles. The molecular weight excluding hydrogens is 317 g/mol. The minimum Gasteiger partial charge on any atom is -0.385 e. The molecule has 2 bridgehead atoms. The first-order valence-corrected chi connectivity index (χ1v) is 9.51. The van der Waals surface area contributed by atoms with Crippen molar-refractivity contribution in [2.75, 3.05) is 0 Å². The summed E-state index contributed by atoms with van der Waals surface area (Å²) in [5, 5.41) is 10.7. The van der Waals surface area contributed by atoms with Crippen molar-refractivity contribution in [2.24, 2.45) is 0 Å². The molecule has 4 nitrogen and oxygen atoms in total. The maximum atomic E-state index is 14.6. The standard InChI is InChI=1S/C17H18FNO3S/c18-15-8-16-11(3-2-6-19-16)7-14(15)17(20)9-12-4-1-5-13(10-17)23(12,21)22/h2-3,6-8,12-13,20H,1,4-5,9-10H2. The van der Waals surface area contributed by atoms with Crippen LogP contribution < -0.4 is 0 Å². The zero-order valence-electron chi connectivity index (χ0n) is 12.6. The van der Waals surface area contributed by atoms with Crippen LogP contribution >= 0.6 is 0 Å². The second-order valence-corrected chi connectivity index (χ2v) is 9.24. The molecule has 3 heterocycles. The summed E-state index contributed by atoms with van der Waals surface area (Å²) in [4.78, 5) is 4.11. The Morgan fingerprint density at radius 1 is 1.22 bits per heavy atom. The number of aliphatic hydroxyl groups is 1. The summed E-state index contributed by atoms with van der Waals surface area (Å²) in [6.45, 7) is 0. The van der Waals surface area contributed by atoms with E-state index in [2.05, 4.69) is 4.98 Å². The number of nitrogens with zero attached hydrogens (tertiary/aromatic N) is 1. The van der Waals surface area contributed by atoms with Crippen molar-refractivity contribution >= 4 is 20.7 Å². The zero-order chi connectivity index (χ0) is 16.2. The molecule has 4 rings (SSSR count). The molecule has 1 aromatic carbocycles. The molecule has 2 aromatic rings. The van der Waals surface area contributed by atoms with Gasteiger partial charge in [0.25, 0.3) is 0 Å². The molecule has 2 unspecified atom stereocenters. The Bertz CT molecular complexity index is 861. The monoisotopic (exact) mass is 335 g/mol. The quantitative estimate of drug-likeness (QED) is 0.870. The lowest BCUT2D eigenvalue weighted by Crippen LogP contribution is -2.50. The Labute approximate surface area is 134 Å². The fourth-order valence-electron chi connectivity index (χ4n) is 4.12.